The lowest BCUT2D eigenvalue weighted by Gasteiger charge is -2.36. The smallest absolute Gasteiger partial charge is 0.309 e. The van der Waals surface area contributed by atoms with Crippen LogP contribution in [0, 0.1) is 17.8 Å². The highest BCUT2D eigenvalue weighted by Crippen LogP contribution is 2.43. The van der Waals surface area contributed by atoms with Gasteiger partial charge in [-0.15, -0.1) is 0 Å². The number of carbonyl (C=O) groups is 2. The first-order valence-electron chi connectivity index (χ1n) is 11.2. The maximum atomic E-state index is 12.2. The number of Topliss-reactive ketones (excluding diaryl/α,β-unsaturated/α-hetero) is 1. The number of ether oxygens (including phenoxy) is 1. The average molecular weight is 431 g/mol. The Hall–Kier alpha value is -3.29. The number of pyridine rings is 1. The van der Waals surface area contributed by atoms with Gasteiger partial charge in [0, 0.05) is 55.1 Å². The first-order chi connectivity index (χ1) is 15.5. The molecule has 2 unspecified atom stereocenters. The Labute approximate surface area is 185 Å². The van der Waals surface area contributed by atoms with Gasteiger partial charge in [-0.05, 0) is 36.8 Å². The molecule has 1 saturated heterocycles. The van der Waals surface area contributed by atoms with Gasteiger partial charge in [0.1, 0.15) is 11.3 Å². The van der Waals surface area contributed by atoms with Crippen LogP contribution in [0.4, 0.5) is 5.95 Å². The Balaban J connectivity index is 1.26. The Morgan fingerprint density at radius 3 is 2.50 bits per heavy atom. The molecule has 0 spiro atoms. The van der Waals surface area contributed by atoms with Crippen molar-refractivity contribution in [3.63, 3.8) is 0 Å². The van der Waals surface area contributed by atoms with Crippen molar-refractivity contribution in [3.8, 4) is 11.1 Å². The van der Waals surface area contributed by atoms with Gasteiger partial charge < -0.3 is 14.0 Å². The molecule has 2 fully saturated rings. The number of fused-ring (bicyclic) bond motifs is 5. The summed E-state index contributed by atoms with van der Waals surface area (Å²) in [5.41, 5.74) is 4.29. The van der Waals surface area contributed by atoms with Crippen molar-refractivity contribution in [1.29, 1.82) is 0 Å². The molecule has 2 aliphatic carbocycles. The number of carbonyl (C=O) groups excluding carboxylic acids is 2. The van der Waals surface area contributed by atoms with Gasteiger partial charge >= 0.3 is 5.97 Å². The molecule has 2 bridgehead atoms. The van der Waals surface area contributed by atoms with Crippen LogP contribution in [0.25, 0.3) is 16.8 Å². The number of methoxy groups -OCH3 is 1. The SMILES string of the molecule is COC(=O)C1C2CCC1CN(c1ncc(-c3ccc4nc5c(n4c3)[C@@H](C)CC5=O)cn1)C2. The molecular weight excluding hydrogens is 406 g/mol. The summed E-state index contributed by atoms with van der Waals surface area (Å²) in [4.78, 5) is 40.4. The molecule has 32 heavy (non-hydrogen) atoms. The predicted octanol–water partition coefficient (Wildman–Crippen LogP) is 3.12. The van der Waals surface area contributed by atoms with E-state index in [0.717, 1.165) is 48.4 Å². The van der Waals surface area contributed by atoms with E-state index in [0.29, 0.717) is 29.9 Å². The standard InChI is InChI=1S/C24H25N5O3/c1-13-7-18(30)21-22(13)29-12-14(5-6-19(29)27-21)17-8-25-24(26-9-17)28-10-15-3-4-16(11-28)20(15)23(31)32-2/h5-6,8-9,12-13,15-16,20H,3-4,7,10-11H2,1-2H3/t13-,15?,16?,20?/m0/s1. The molecule has 1 aliphatic heterocycles. The van der Waals surface area contributed by atoms with E-state index >= 15 is 0 Å². The van der Waals surface area contributed by atoms with Crippen LogP contribution in [-0.2, 0) is 9.53 Å². The molecule has 4 heterocycles. The lowest BCUT2D eigenvalue weighted by Crippen LogP contribution is -2.45. The molecule has 0 amide bonds. The number of esters is 1. The van der Waals surface area contributed by atoms with Crippen LogP contribution in [0.5, 0.6) is 0 Å². The van der Waals surface area contributed by atoms with Crippen LogP contribution in [0.2, 0.25) is 0 Å². The maximum Gasteiger partial charge on any atom is 0.309 e. The summed E-state index contributed by atoms with van der Waals surface area (Å²) in [6.45, 7) is 3.64. The average Bonchev–Trinajstić information content (AvgIpc) is 3.42. The predicted molar refractivity (Wildman–Crippen MR) is 118 cm³/mol. The van der Waals surface area contributed by atoms with Gasteiger partial charge in [-0.1, -0.05) is 6.92 Å². The summed E-state index contributed by atoms with van der Waals surface area (Å²) in [5.74, 6) is 1.54. The lowest BCUT2D eigenvalue weighted by atomic mass is 9.85. The Kier molecular flexibility index (Phi) is 4.31. The van der Waals surface area contributed by atoms with Gasteiger partial charge in [0.15, 0.2) is 5.78 Å². The zero-order valence-electron chi connectivity index (χ0n) is 18.2. The van der Waals surface area contributed by atoms with Gasteiger partial charge in [0.25, 0.3) is 0 Å². The molecule has 0 aromatic carbocycles. The minimum atomic E-state index is -0.0780. The summed E-state index contributed by atoms with van der Waals surface area (Å²) in [6, 6.07) is 3.93. The summed E-state index contributed by atoms with van der Waals surface area (Å²) in [6.07, 6.45) is 8.35. The van der Waals surface area contributed by atoms with E-state index in [2.05, 4.69) is 26.8 Å². The first kappa shape index (κ1) is 19.4. The lowest BCUT2D eigenvalue weighted by molar-refractivity contribution is -0.148. The van der Waals surface area contributed by atoms with E-state index in [4.69, 9.17) is 4.74 Å². The van der Waals surface area contributed by atoms with E-state index in [1.54, 1.807) is 0 Å². The number of ketones is 1. The third kappa shape index (κ3) is 2.85. The van der Waals surface area contributed by atoms with E-state index in [-0.39, 0.29) is 23.6 Å². The van der Waals surface area contributed by atoms with Crippen molar-refractivity contribution in [2.75, 3.05) is 25.1 Å². The van der Waals surface area contributed by atoms with E-state index in [1.807, 2.05) is 35.1 Å². The molecule has 8 nitrogen and oxygen atoms in total. The van der Waals surface area contributed by atoms with Crippen molar-refractivity contribution in [2.24, 2.45) is 17.8 Å². The van der Waals surface area contributed by atoms with Crippen molar-refractivity contribution < 1.29 is 14.3 Å². The highest BCUT2D eigenvalue weighted by atomic mass is 16.5. The second-order valence-electron chi connectivity index (χ2n) is 9.34. The second-order valence-corrected chi connectivity index (χ2v) is 9.34. The molecule has 164 valence electrons. The molecule has 3 atom stereocenters. The zero-order chi connectivity index (χ0) is 22.0. The van der Waals surface area contributed by atoms with Crippen molar-refractivity contribution in [3.05, 3.63) is 42.1 Å². The number of imidazole rings is 1. The fraction of sp³-hybridized carbons (Fsp3) is 0.458. The fourth-order valence-electron chi connectivity index (χ4n) is 5.92. The summed E-state index contributed by atoms with van der Waals surface area (Å²) in [5, 5.41) is 0. The van der Waals surface area contributed by atoms with Gasteiger partial charge in [-0.3, -0.25) is 9.59 Å². The van der Waals surface area contributed by atoms with E-state index in [9.17, 15) is 9.59 Å². The molecule has 6 rings (SSSR count). The highest BCUT2D eigenvalue weighted by Gasteiger charge is 2.47. The first-order valence-corrected chi connectivity index (χ1v) is 11.2. The molecule has 3 aliphatic rings. The molecule has 1 saturated carbocycles. The summed E-state index contributed by atoms with van der Waals surface area (Å²) < 4.78 is 7.06. The number of piperidine rings is 1. The van der Waals surface area contributed by atoms with Crippen LogP contribution < -0.4 is 4.90 Å². The Morgan fingerprint density at radius 2 is 1.81 bits per heavy atom. The topological polar surface area (TPSA) is 89.7 Å². The normalized spacial score (nSPS) is 26.6. The molecule has 3 aromatic rings. The van der Waals surface area contributed by atoms with Crippen molar-refractivity contribution in [2.45, 2.75) is 32.1 Å². The molecular formula is C24H25N5O3. The Bertz CT molecular complexity index is 1220. The molecule has 0 N–H and O–H groups in total. The summed E-state index contributed by atoms with van der Waals surface area (Å²) in [7, 11) is 1.48. The maximum absolute atomic E-state index is 12.2. The second kappa shape index (κ2) is 7.12. The largest absolute Gasteiger partial charge is 0.469 e. The van der Waals surface area contributed by atoms with Crippen LogP contribution >= 0.6 is 0 Å². The van der Waals surface area contributed by atoms with E-state index in [1.165, 1.54) is 7.11 Å². The van der Waals surface area contributed by atoms with Crippen LogP contribution in [0.1, 0.15) is 48.3 Å². The number of rotatable bonds is 3. The number of hydrogen-bond acceptors (Lipinski definition) is 7. The van der Waals surface area contributed by atoms with Crippen molar-refractivity contribution in [1.82, 2.24) is 19.4 Å². The number of nitrogens with zero attached hydrogens (tertiary/aromatic N) is 5. The van der Waals surface area contributed by atoms with Crippen molar-refractivity contribution >= 4 is 23.3 Å². The quantitative estimate of drug-likeness (QED) is 0.589. The summed E-state index contributed by atoms with van der Waals surface area (Å²) >= 11 is 0. The fourth-order valence-corrected chi connectivity index (χ4v) is 5.92. The minimum Gasteiger partial charge on any atom is -0.469 e. The minimum absolute atomic E-state index is 0.00781. The van der Waals surface area contributed by atoms with Crippen LogP contribution in [0.3, 0.4) is 0 Å². The molecule has 8 heteroatoms. The van der Waals surface area contributed by atoms with Crippen LogP contribution in [0.15, 0.2) is 30.7 Å². The van der Waals surface area contributed by atoms with Gasteiger partial charge in [0.05, 0.1) is 18.7 Å². The number of anilines is 1. The van der Waals surface area contributed by atoms with Gasteiger partial charge in [-0.2, -0.15) is 0 Å². The highest BCUT2D eigenvalue weighted by molar-refractivity contribution is 6.00. The Morgan fingerprint density at radius 1 is 1.09 bits per heavy atom. The van der Waals surface area contributed by atoms with Gasteiger partial charge in [0.2, 0.25) is 5.95 Å². The van der Waals surface area contributed by atoms with E-state index < -0.39 is 0 Å². The number of hydrogen-bond donors (Lipinski definition) is 0. The monoisotopic (exact) mass is 431 g/mol. The third-order valence-corrected chi connectivity index (χ3v) is 7.44. The molecule has 3 aromatic heterocycles. The molecule has 0 radical (unpaired) electrons. The third-order valence-electron chi connectivity index (χ3n) is 7.44. The number of aromatic nitrogens is 4. The zero-order valence-corrected chi connectivity index (χ0v) is 18.2. The van der Waals surface area contributed by atoms with Crippen LogP contribution in [-0.4, -0.2) is 51.3 Å². The van der Waals surface area contributed by atoms with Gasteiger partial charge in [-0.25, -0.2) is 15.0 Å².